The van der Waals surface area contributed by atoms with Gasteiger partial charge in [-0.15, -0.1) is 11.3 Å². The van der Waals surface area contributed by atoms with Gasteiger partial charge in [0.2, 0.25) is 17.7 Å². The second-order valence-electron chi connectivity index (χ2n) is 10.00. The Morgan fingerprint density at radius 3 is 2.38 bits per heavy atom. The standard InChI is InChI=1S/C31H37N5O3S/c32-26(18-24-20-40-28-11-5-4-10-25(24)28)30(38)35-15-7-1-6-14-34-27(31(39)36-19-29(33)37)17-21-12-13-22-8-2-3-9-23(22)16-21/h2-5,8-13,16,20,26-27,34H,1,6-7,14-15,17-19,32H2,(H2,33,37)(H,35,38)(H,36,39)/t26-,27+/m1/s1. The van der Waals surface area contributed by atoms with Crippen LogP contribution in [0, 0.1) is 0 Å². The van der Waals surface area contributed by atoms with Gasteiger partial charge in [0.25, 0.3) is 0 Å². The van der Waals surface area contributed by atoms with Crippen LogP contribution in [0.5, 0.6) is 0 Å². The molecule has 0 aliphatic carbocycles. The number of unbranched alkanes of at least 4 members (excludes halogenated alkanes) is 2. The number of primary amides is 1. The minimum absolute atomic E-state index is 0.144. The number of amides is 3. The average molecular weight is 560 g/mol. The molecule has 3 aromatic carbocycles. The zero-order valence-corrected chi connectivity index (χ0v) is 23.3. The quantitative estimate of drug-likeness (QED) is 0.143. The Hall–Kier alpha value is -3.79. The van der Waals surface area contributed by atoms with Gasteiger partial charge in [-0.05, 0) is 71.0 Å². The zero-order valence-electron chi connectivity index (χ0n) is 22.5. The number of benzene rings is 3. The first-order valence-corrected chi connectivity index (χ1v) is 14.5. The first kappa shape index (κ1) is 29.2. The van der Waals surface area contributed by atoms with Gasteiger partial charge in [0.1, 0.15) is 0 Å². The van der Waals surface area contributed by atoms with E-state index in [0.717, 1.165) is 46.5 Å². The van der Waals surface area contributed by atoms with Crippen molar-refractivity contribution in [3.63, 3.8) is 0 Å². The van der Waals surface area contributed by atoms with E-state index < -0.39 is 18.0 Å². The summed E-state index contributed by atoms with van der Waals surface area (Å²) in [7, 11) is 0. The summed E-state index contributed by atoms with van der Waals surface area (Å²) in [5.41, 5.74) is 13.5. The predicted octanol–water partition coefficient (Wildman–Crippen LogP) is 3.01. The van der Waals surface area contributed by atoms with Crippen LogP contribution in [0.3, 0.4) is 0 Å². The Morgan fingerprint density at radius 2 is 1.55 bits per heavy atom. The van der Waals surface area contributed by atoms with Gasteiger partial charge in [-0.25, -0.2) is 0 Å². The van der Waals surface area contributed by atoms with Crippen LogP contribution in [0.1, 0.15) is 30.4 Å². The maximum Gasteiger partial charge on any atom is 0.237 e. The Kier molecular flexibility index (Phi) is 10.6. The summed E-state index contributed by atoms with van der Waals surface area (Å²) in [5.74, 6) is -0.982. The van der Waals surface area contributed by atoms with Gasteiger partial charge in [-0.3, -0.25) is 14.4 Å². The Balaban J connectivity index is 1.19. The number of rotatable bonds is 15. The van der Waals surface area contributed by atoms with Crippen LogP contribution >= 0.6 is 11.3 Å². The van der Waals surface area contributed by atoms with Gasteiger partial charge in [0.05, 0.1) is 18.6 Å². The third kappa shape index (κ3) is 8.35. The van der Waals surface area contributed by atoms with E-state index in [1.807, 2.05) is 42.5 Å². The highest BCUT2D eigenvalue weighted by atomic mass is 32.1. The van der Waals surface area contributed by atoms with Crippen molar-refractivity contribution in [1.29, 1.82) is 0 Å². The summed E-state index contributed by atoms with van der Waals surface area (Å²) in [6.07, 6.45) is 3.52. The highest BCUT2D eigenvalue weighted by molar-refractivity contribution is 7.17. The number of hydrogen-bond donors (Lipinski definition) is 5. The van der Waals surface area contributed by atoms with Crippen LogP contribution in [0.25, 0.3) is 20.9 Å². The molecular weight excluding hydrogens is 522 g/mol. The van der Waals surface area contributed by atoms with Gasteiger partial charge >= 0.3 is 0 Å². The number of nitrogens with two attached hydrogens (primary N) is 2. The molecule has 0 spiro atoms. The molecule has 210 valence electrons. The minimum atomic E-state index is -0.588. The topological polar surface area (TPSA) is 139 Å². The van der Waals surface area contributed by atoms with E-state index in [9.17, 15) is 14.4 Å². The Labute approximate surface area is 238 Å². The van der Waals surface area contributed by atoms with E-state index in [1.165, 1.54) is 4.70 Å². The van der Waals surface area contributed by atoms with Crippen molar-refractivity contribution in [2.45, 2.75) is 44.2 Å². The molecule has 0 radical (unpaired) electrons. The van der Waals surface area contributed by atoms with Crippen molar-refractivity contribution in [2.24, 2.45) is 11.5 Å². The second kappa shape index (κ2) is 14.6. The molecule has 0 aliphatic heterocycles. The largest absolute Gasteiger partial charge is 0.368 e. The first-order valence-electron chi connectivity index (χ1n) is 13.7. The fourth-order valence-corrected chi connectivity index (χ4v) is 5.70. The highest BCUT2D eigenvalue weighted by Crippen LogP contribution is 2.26. The van der Waals surface area contributed by atoms with Crippen molar-refractivity contribution < 1.29 is 14.4 Å². The maximum atomic E-state index is 12.8. The lowest BCUT2D eigenvalue weighted by Gasteiger charge is -2.19. The molecule has 0 saturated carbocycles. The molecule has 8 nitrogen and oxygen atoms in total. The van der Waals surface area contributed by atoms with Crippen LogP contribution in [-0.4, -0.2) is 49.4 Å². The molecule has 0 saturated heterocycles. The van der Waals surface area contributed by atoms with E-state index in [0.29, 0.717) is 25.9 Å². The second-order valence-corrected chi connectivity index (χ2v) is 10.9. The molecule has 3 amide bonds. The van der Waals surface area contributed by atoms with E-state index in [4.69, 9.17) is 11.5 Å². The molecule has 0 fully saturated rings. The zero-order chi connectivity index (χ0) is 28.3. The van der Waals surface area contributed by atoms with Crippen LogP contribution in [0.15, 0.2) is 72.1 Å². The van der Waals surface area contributed by atoms with Crippen LogP contribution in [-0.2, 0) is 27.2 Å². The number of carbonyl (C=O) groups is 3. The molecule has 0 bridgehead atoms. The highest BCUT2D eigenvalue weighted by Gasteiger charge is 2.19. The average Bonchev–Trinajstić information content (AvgIpc) is 3.37. The van der Waals surface area contributed by atoms with Gasteiger partial charge in [-0.1, -0.05) is 67.1 Å². The van der Waals surface area contributed by atoms with E-state index in [2.05, 4.69) is 45.6 Å². The van der Waals surface area contributed by atoms with Crippen molar-refractivity contribution >= 4 is 49.9 Å². The summed E-state index contributed by atoms with van der Waals surface area (Å²) < 4.78 is 1.20. The number of carbonyl (C=O) groups excluding carboxylic acids is 3. The fraction of sp³-hybridized carbons (Fsp3) is 0.323. The van der Waals surface area contributed by atoms with Crippen molar-refractivity contribution in [3.8, 4) is 0 Å². The number of nitrogens with one attached hydrogen (secondary N) is 3. The molecule has 1 heterocycles. The van der Waals surface area contributed by atoms with Gasteiger partial charge in [0, 0.05) is 11.2 Å². The third-order valence-corrected chi connectivity index (χ3v) is 7.90. The van der Waals surface area contributed by atoms with Crippen molar-refractivity contribution in [1.82, 2.24) is 16.0 Å². The van der Waals surface area contributed by atoms with E-state index in [1.54, 1.807) is 11.3 Å². The van der Waals surface area contributed by atoms with Gasteiger partial charge < -0.3 is 27.4 Å². The summed E-state index contributed by atoms with van der Waals surface area (Å²) >= 11 is 1.67. The molecule has 0 unspecified atom stereocenters. The number of hydrogen-bond acceptors (Lipinski definition) is 6. The fourth-order valence-electron chi connectivity index (χ4n) is 4.72. The molecule has 0 aliphatic rings. The molecule has 2 atom stereocenters. The molecule has 40 heavy (non-hydrogen) atoms. The minimum Gasteiger partial charge on any atom is -0.368 e. The normalized spacial score (nSPS) is 12.7. The summed E-state index contributed by atoms with van der Waals surface area (Å²) in [6.45, 7) is 0.983. The lowest BCUT2D eigenvalue weighted by atomic mass is 10.0. The third-order valence-electron chi connectivity index (χ3n) is 6.89. The lowest BCUT2D eigenvalue weighted by molar-refractivity contribution is -0.126. The van der Waals surface area contributed by atoms with Gasteiger partial charge in [-0.2, -0.15) is 0 Å². The van der Waals surface area contributed by atoms with Crippen LogP contribution in [0.4, 0.5) is 0 Å². The molecular formula is C31H37N5O3S. The van der Waals surface area contributed by atoms with E-state index >= 15 is 0 Å². The monoisotopic (exact) mass is 559 g/mol. The molecule has 1 aromatic heterocycles. The Morgan fingerprint density at radius 1 is 0.800 bits per heavy atom. The van der Waals surface area contributed by atoms with Crippen molar-refractivity contribution in [2.75, 3.05) is 19.6 Å². The molecule has 9 heteroatoms. The summed E-state index contributed by atoms with van der Waals surface area (Å²) in [6, 6.07) is 21.3. The molecule has 4 aromatic rings. The number of thiophene rings is 1. The lowest BCUT2D eigenvalue weighted by Crippen LogP contribution is -2.48. The smallest absolute Gasteiger partial charge is 0.237 e. The van der Waals surface area contributed by atoms with Crippen LogP contribution < -0.4 is 27.4 Å². The molecule has 4 rings (SSSR count). The van der Waals surface area contributed by atoms with E-state index in [-0.39, 0.29) is 18.4 Å². The Bertz CT molecular complexity index is 1450. The van der Waals surface area contributed by atoms with Crippen molar-refractivity contribution in [3.05, 3.63) is 83.2 Å². The van der Waals surface area contributed by atoms with Gasteiger partial charge in [0.15, 0.2) is 0 Å². The summed E-state index contributed by atoms with van der Waals surface area (Å²) in [4.78, 5) is 36.4. The summed E-state index contributed by atoms with van der Waals surface area (Å²) in [5, 5.41) is 14.4. The molecule has 7 N–H and O–H groups in total. The van der Waals surface area contributed by atoms with Crippen LogP contribution in [0.2, 0.25) is 0 Å². The maximum absolute atomic E-state index is 12.8. The predicted molar refractivity (Wildman–Crippen MR) is 162 cm³/mol. The number of fused-ring (bicyclic) bond motifs is 2. The first-order chi connectivity index (χ1) is 19.4. The SMILES string of the molecule is NC(=O)CNC(=O)[C@H](Cc1ccc2ccccc2c1)NCCCCCNC(=O)[C@H](N)Cc1csc2ccccc12.